The maximum atomic E-state index is 13.0. The van der Waals surface area contributed by atoms with E-state index in [1.807, 2.05) is 20.8 Å². The van der Waals surface area contributed by atoms with E-state index in [1.54, 1.807) is 4.90 Å². The zero-order chi connectivity index (χ0) is 19.7. The Morgan fingerprint density at radius 3 is 2.56 bits per heavy atom. The first-order valence-corrected chi connectivity index (χ1v) is 10.0. The largest absolute Gasteiger partial charge is 0.336 e. The van der Waals surface area contributed by atoms with Crippen LogP contribution < -0.4 is 16.6 Å². The van der Waals surface area contributed by atoms with E-state index in [2.05, 4.69) is 5.32 Å². The summed E-state index contributed by atoms with van der Waals surface area (Å²) in [5.74, 6) is 0.134. The summed E-state index contributed by atoms with van der Waals surface area (Å²) in [6, 6.07) is -0.126. The molecule has 1 fully saturated rings. The molecule has 1 aliphatic heterocycles. The molecule has 0 saturated carbocycles. The van der Waals surface area contributed by atoms with Gasteiger partial charge in [-0.05, 0) is 24.8 Å². The summed E-state index contributed by atoms with van der Waals surface area (Å²) in [5.41, 5.74) is 0.110. The van der Waals surface area contributed by atoms with E-state index in [-0.39, 0.29) is 36.2 Å². The van der Waals surface area contributed by atoms with Crippen LogP contribution in [0.25, 0.3) is 10.2 Å². The van der Waals surface area contributed by atoms with Gasteiger partial charge in [0, 0.05) is 31.1 Å². The third-order valence-corrected chi connectivity index (χ3v) is 6.04. The Bertz CT molecular complexity index is 976. The van der Waals surface area contributed by atoms with Crippen LogP contribution in [0.2, 0.25) is 0 Å². The number of amides is 2. The minimum Gasteiger partial charge on any atom is -0.336 e. The molecule has 2 aromatic rings. The van der Waals surface area contributed by atoms with Crippen LogP contribution in [0.5, 0.6) is 0 Å². The molecule has 3 rings (SSSR count). The lowest BCUT2D eigenvalue weighted by Crippen LogP contribution is -2.41. The van der Waals surface area contributed by atoms with Crippen molar-refractivity contribution in [2.45, 2.75) is 46.8 Å². The molecule has 0 atom stereocenters. The lowest BCUT2D eigenvalue weighted by molar-refractivity contribution is 0.216. The highest BCUT2D eigenvalue weighted by molar-refractivity contribution is 7.18. The average Bonchev–Trinajstić information content (AvgIpc) is 3.16. The lowest BCUT2D eigenvalue weighted by Gasteiger charge is -2.13. The van der Waals surface area contributed by atoms with Crippen LogP contribution in [0, 0.1) is 12.8 Å². The van der Waals surface area contributed by atoms with Crippen LogP contribution in [-0.4, -0.2) is 39.8 Å². The normalized spacial score (nSPS) is 14.6. The van der Waals surface area contributed by atoms with Gasteiger partial charge in [0.25, 0.3) is 5.56 Å². The monoisotopic (exact) mass is 396 g/mol. The summed E-state index contributed by atoms with van der Waals surface area (Å²) >= 11 is 1.35. The summed E-state index contributed by atoms with van der Waals surface area (Å²) in [6.07, 6.45) is 0.218. The van der Waals surface area contributed by atoms with Gasteiger partial charge in [-0.1, -0.05) is 13.8 Å². The number of halogens is 1. The fraction of sp³-hybridized carbons (Fsp3) is 0.611. The van der Waals surface area contributed by atoms with Crippen molar-refractivity contribution in [1.29, 1.82) is 0 Å². The smallest absolute Gasteiger partial charge is 0.332 e. The first-order valence-electron chi connectivity index (χ1n) is 9.19. The molecule has 0 bridgehead atoms. The molecule has 0 spiro atoms. The quantitative estimate of drug-likeness (QED) is 0.778. The number of alkyl halides is 1. The molecule has 1 aliphatic rings. The first-order chi connectivity index (χ1) is 12.8. The molecule has 27 heavy (non-hydrogen) atoms. The lowest BCUT2D eigenvalue weighted by atomic mass is 10.2. The standard InChI is InChI=1S/C18H25FN4O3S/c1-11(2)9-23-15(24)14-12(3)13(10-21-8-6-20-17(21)25)27-16(14)22(18(23)26)7-4-5-19/h11H,4-10H2,1-3H3,(H,20,25). The van der Waals surface area contributed by atoms with E-state index in [4.69, 9.17) is 0 Å². The van der Waals surface area contributed by atoms with Crippen LogP contribution in [0.4, 0.5) is 9.18 Å². The van der Waals surface area contributed by atoms with Gasteiger partial charge < -0.3 is 10.2 Å². The van der Waals surface area contributed by atoms with Crippen LogP contribution >= 0.6 is 11.3 Å². The topological polar surface area (TPSA) is 76.3 Å². The third-order valence-electron chi connectivity index (χ3n) is 4.74. The van der Waals surface area contributed by atoms with Crippen LogP contribution in [0.15, 0.2) is 9.59 Å². The summed E-state index contributed by atoms with van der Waals surface area (Å²) in [6.45, 7) is 7.38. The molecule has 148 valence electrons. The molecule has 9 heteroatoms. The summed E-state index contributed by atoms with van der Waals surface area (Å²) in [4.78, 5) is 40.9. The molecule has 3 heterocycles. The van der Waals surface area contributed by atoms with Crippen LogP contribution in [-0.2, 0) is 19.6 Å². The van der Waals surface area contributed by atoms with Crippen molar-refractivity contribution in [1.82, 2.24) is 19.4 Å². The Kier molecular flexibility index (Phi) is 5.69. The van der Waals surface area contributed by atoms with Crippen molar-refractivity contribution >= 4 is 27.6 Å². The van der Waals surface area contributed by atoms with Gasteiger partial charge in [-0.25, -0.2) is 9.59 Å². The van der Waals surface area contributed by atoms with Gasteiger partial charge in [-0.3, -0.25) is 18.3 Å². The number of fused-ring (bicyclic) bond motifs is 1. The van der Waals surface area contributed by atoms with Gasteiger partial charge in [0.1, 0.15) is 4.83 Å². The Morgan fingerprint density at radius 1 is 1.22 bits per heavy atom. The van der Waals surface area contributed by atoms with E-state index < -0.39 is 6.67 Å². The predicted molar refractivity (Wildman–Crippen MR) is 104 cm³/mol. The number of hydrogen-bond acceptors (Lipinski definition) is 4. The van der Waals surface area contributed by atoms with E-state index in [0.29, 0.717) is 36.4 Å². The Hall–Kier alpha value is -2.16. The van der Waals surface area contributed by atoms with Gasteiger partial charge in [0.05, 0.1) is 18.6 Å². The number of nitrogens with zero attached hydrogens (tertiary/aromatic N) is 3. The number of hydrogen-bond donors (Lipinski definition) is 1. The first kappa shape index (κ1) is 19.6. The number of rotatable bonds is 7. The van der Waals surface area contributed by atoms with E-state index in [1.165, 1.54) is 20.5 Å². The van der Waals surface area contributed by atoms with Crippen molar-refractivity contribution in [3.63, 3.8) is 0 Å². The summed E-state index contributed by atoms with van der Waals surface area (Å²) < 4.78 is 15.5. The van der Waals surface area contributed by atoms with Gasteiger partial charge in [0.2, 0.25) is 0 Å². The highest BCUT2D eigenvalue weighted by Gasteiger charge is 2.24. The molecule has 1 saturated heterocycles. The van der Waals surface area contributed by atoms with Crippen molar-refractivity contribution in [2.75, 3.05) is 19.8 Å². The molecular weight excluding hydrogens is 371 g/mol. The highest BCUT2D eigenvalue weighted by Crippen LogP contribution is 2.29. The van der Waals surface area contributed by atoms with Crippen molar-refractivity contribution in [2.24, 2.45) is 5.92 Å². The van der Waals surface area contributed by atoms with Gasteiger partial charge >= 0.3 is 11.7 Å². The minimum absolute atomic E-state index is 0.126. The van der Waals surface area contributed by atoms with Gasteiger partial charge in [-0.2, -0.15) is 0 Å². The second-order valence-corrected chi connectivity index (χ2v) is 8.35. The fourth-order valence-corrected chi connectivity index (χ4v) is 4.70. The number of thiophene rings is 1. The molecule has 0 aromatic carbocycles. The third kappa shape index (κ3) is 3.65. The van der Waals surface area contributed by atoms with E-state index in [9.17, 15) is 18.8 Å². The highest BCUT2D eigenvalue weighted by atomic mass is 32.1. The number of carbonyl (C=O) groups excluding carboxylic acids is 1. The second kappa shape index (κ2) is 7.84. The van der Waals surface area contributed by atoms with Crippen LogP contribution in [0.1, 0.15) is 30.7 Å². The number of nitrogens with one attached hydrogen (secondary N) is 1. The molecule has 0 radical (unpaired) electrons. The molecule has 1 N–H and O–H groups in total. The van der Waals surface area contributed by atoms with Gasteiger partial charge in [0.15, 0.2) is 0 Å². The summed E-state index contributed by atoms with van der Waals surface area (Å²) in [7, 11) is 0. The van der Waals surface area contributed by atoms with Crippen molar-refractivity contribution in [3.8, 4) is 0 Å². The number of urea groups is 1. The minimum atomic E-state index is -0.525. The molecule has 0 aliphatic carbocycles. The number of carbonyl (C=O) groups is 1. The molecule has 0 unspecified atom stereocenters. The van der Waals surface area contributed by atoms with E-state index >= 15 is 0 Å². The Labute approximate surface area is 160 Å². The van der Waals surface area contributed by atoms with E-state index in [0.717, 1.165) is 10.4 Å². The SMILES string of the molecule is Cc1c(CN2CCNC2=O)sc2c1c(=O)n(CC(C)C)c(=O)n2CCCF. The zero-order valence-electron chi connectivity index (χ0n) is 15.9. The fourth-order valence-electron chi connectivity index (χ4n) is 3.37. The molecular formula is C18H25FN4O3S. The number of aromatic nitrogens is 2. The maximum Gasteiger partial charge on any atom is 0.332 e. The summed E-state index contributed by atoms with van der Waals surface area (Å²) in [5, 5.41) is 3.27. The zero-order valence-corrected chi connectivity index (χ0v) is 16.7. The molecule has 2 amide bonds. The number of aryl methyl sites for hydroxylation is 2. The van der Waals surface area contributed by atoms with Crippen molar-refractivity contribution < 1.29 is 9.18 Å². The predicted octanol–water partition coefficient (Wildman–Crippen LogP) is 2.07. The maximum absolute atomic E-state index is 13.0. The van der Waals surface area contributed by atoms with Crippen LogP contribution in [0.3, 0.4) is 0 Å². The second-order valence-electron chi connectivity index (χ2n) is 7.27. The Morgan fingerprint density at radius 2 is 1.96 bits per heavy atom. The average molecular weight is 396 g/mol. The molecule has 2 aromatic heterocycles. The Balaban J connectivity index is 2.18. The van der Waals surface area contributed by atoms with Crippen molar-refractivity contribution in [3.05, 3.63) is 31.3 Å². The van der Waals surface area contributed by atoms with Gasteiger partial charge in [-0.15, -0.1) is 11.3 Å². The molecule has 7 nitrogen and oxygen atoms in total.